The zero-order chi connectivity index (χ0) is 16.2. The van der Waals surface area contributed by atoms with Crippen LogP contribution in [0.1, 0.15) is 24.2 Å². The minimum absolute atomic E-state index is 0.0839. The summed E-state index contributed by atoms with van der Waals surface area (Å²) >= 11 is 0. The number of amides is 3. The topological polar surface area (TPSA) is 142 Å². The summed E-state index contributed by atoms with van der Waals surface area (Å²) in [7, 11) is 0. The number of hydrogen-bond acceptors (Lipinski definition) is 4. The van der Waals surface area contributed by atoms with E-state index in [1.54, 1.807) is 13.8 Å². The number of aromatic hydroxyl groups is 1. The monoisotopic (exact) mass is 295 g/mol. The van der Waals surface area contributed by atoms with Gasteiger partial charge in [0.05, 0.1) is 5.69 Å². The Balaban J connectivity index is 2.87. The molecule has 21 heavy (non-hydrogen) atoms. The van der Waals surface area contributed by atoms with Crippen LogP contribution < -0.4 is 16.4 Å². The third kappa shape index (κ3) is 4.10. The number of primary amides is 1. The number of carbonyl (C=O) groups is 3. The number of carboxylic acid groups (broad SMARTS) is 1. The Morgan fingerprint density at radius 3 is 2.33 bits per heavy atom. The van der Waals surface area contributed by atoms with Crippen LogP contribution in [0.25, 0.3) is 0 Å². The Morgan fingerprint density at radius 2 is 1.86 bits per heavy atom. The van der Waals surface area contributed by atoms with Crippen LogP contribution in [-0.4, -0.2) is 34.2 Å². The summed E-state index contributed by atoms with van der Waals surface area (Å²) < 4.78 is 0. The summed E-state index contributed by atoms with van der Waals surface area (Å²) in [4.78, 5) is 33.8. The second kappa shape index (κ2) is 6.60. The van der Waals surface area contributed by atoms with Crippen molar-refractivity contribution in [2.45, 2.75) is 19.9 Å². The van der Waals surface area contributed by atoms with Crippen LogP contribution in [0.4, 0.5) is 10.5 Å². The van der Waals surface area contributed by atoms with Gasteiger partial charge in [-0.25, -0.2) is 9.59 Å². The zero-order valence-electron chi connectivity index (χ0n) is 11.6. The van der Waals surface area contributed by atoms with E-state index >= 15 is 0 Å². The van der Waals surface area contributed by atoms with E-state index in [2.05, 4.69) is 10.6 Å². The molecule has 8 nitrogen and oxygen atoms in total. The first-order valence-electron chi connectivity index (χ1n) is 6.16. The van der Waals surface area contributed by atoms with Crippen molar-refractivity contribution in [3.8, 4) is 5.75 Å². The molecule has 0 saturated carbocycles. The lowest BCUT2D eigenvalue weighted by Crippen LogP contribution is -2.49. The number of urea groups is 1. The lowest BCUT2D eigenvalue weighted by Gasteiger charge is -2.19. The SMILES string of the molecule is CC(C)C(NC(=O)Nc1cccc(C(=O)O)c1O)C(N)=O. The molecule has 0 aliphatic heterocycles. The van der Waals surface area contributed by atoms with Crippen LogP contribution >= 0.6 is 0 Å². The van der Waals surface area contributed by atoms with Gasteiger partial charge in [-0.3, -0.25) is 4.79 Å². The molecule has 8 heteroatoms. The Kier molecular flexibility index (Phi) is 5.12. The zero-order valence-corrected chi connectivity index (χ0v) is 11.6. The highest BCUT2D eigenvalue weighted by Crippen LogP contribution is 2.27. The number of nitrogens with two attached hydrogens (primary N) is 1. The fourth-order valence-corrected chi connectivity index (χ4v) is 1.68. The first-order valence-corrected chi connectivity index (χ1v) is 6.16. The summed E-state index contributed by atoms with van der Waals surface area (Å²) in [6.07, 6.45) is 0. The third-order valence-corrected chi connectivity index (χ3v) is 2.77. The predicted octanol–water partition coefficient (Wildman–Crippen LogP) is 0.722. The van der Waals surface area contributed by atoms with Crippen LogP contribution in [0.15, 0.2) is 18.2 Å². The third-order valence-electron chi connectivity index (χ3n) is 2.77. The fraction of sp³-hybridized carbons (Fsp3) is 0.308. The van der Waals surface area contributed by atoms with Crippen molar-refractivity contribution in [1.82, 2.24) is 5.32 Å². The molecule has 0 aliphatic rings. The van der Waals surface area contributed by atoms with E-state index in [4.69, 9.17) is 10.8 Å². The first kappa shape index (κ1) is 16.3. The summed E-state index contributed by atoms with van der Waals surface area (Å²) in [5.41, 5.74) is 4.74. The summed E-state index contributed by atoms with van der Waals surface area (Å²) in [5, 5.41) is 23.2. The van der Waals surface area contributed by atoms with Crippen LogP contribution in [0.2, 0.25) is 0 Å². The van der Waals surface area contributed by atoms with Gasteiger partial charge in [0, 0.05) is 0 Å². The minimum Gasteiger partial charge on any atom is -0.505 e. The molecule has 1 unspecified atom stereocenters. The van der Waals surface area contributed by atoms with Gasteiger partial charge in [-0.05, 0) is 18.1 Å². The number of hydrogen-bond donors (Lipinski definition) is 5. The molecule has 0 bridgehead atoms. The van der Waals surface area contributed by atoms with Gasteiger partial charge in [-0.15, -0.1) is 0 Å². The number of phenols is 1. The average Bonchev–Trinajstić information content (AvgIpc) is 2.37. The highest BCUT2D eigenvalue weighted by molar-refractivity contribution is 5.98. The molecule has 114 valence electrons. The molecular weight excluding hydrogens is 278 g/mol. The van der Waals surface area contributed by atoms with Crippen LogP contribution in [0, 0.1) is 5.92 Å². The maximum Gasteiger partial charge on any atom is 0.339 e. The van der Waals surface area contributed by atoms with Gasteiger partial charge in [0.25, 0.3) is 0 Å². The number of anilines is 1. The summed E-state index contributed by atoms with van der Waals surface area (Å²) in [5.74, 6) is -2.80. The van der Waals surface area contributed by atoms with Crippen molar-refractivity contribution in [1.29, 1.82) is 0 Å². The van der Waals surface area contributed by atoms with Gasteiger partial charge in [0.1, 0.15) is 11.6 Å². The maximum atomic E-state index is 11.8. The molecular formula is C13H17N3O5. The smallest absolute Gasteiger partial charge is 0.339 e. The highest BCUT2D eigenvalue weighted by atomic mass is 16.4. The Bertz CT molecular complexity index is 571. The van der Waals surface area contributed by atoms with E-state index in [-0.39, 0.29) is 17.2 Å². The van der Waals surface area contributed by atoms with Crippen molar-refractivity contribution in [2.75, 3.05) is 5.32 Å². The predicted molar refractivity (Wildman–Crippen MR) is 75.0 cm³/mol. The van der Waals surface area contributed by atoms with Gasteiger partial charge in [0.15, 0.2) is 5.75 Å². The van der Waals surface area contributed by atoms with Gasteiger partial charge < -0.3 is 26.6 Å². The minimum atomic E-state index is -1.33. The second-order valence-corrected chi connectivity index (χ2v) is 4.73. The normalized spacial score (nSPS) is 11.8. The molecule has 6 N–H and O–H groups in total. The lowest BCUT2D eigenvalue weighted by molar-refractivity contribution is -0.120. The molecule has 1 aromatic rings. The molecule has 0 spiro atoms. The Hall–Kier alpha value is -2.77. The van der Waals surface area contributed by atoms with Crippen LogP contribution in [0.5, 0.6) is 5.75 Å². The van der Waals surface area contributed by atoms with Crippen molar-refractivity contribution in [2.24, 2.45) is 11.7 Å². The molecule has 1 rings (SSSR count). The summed E-state index contributed by atoms with van der Waals surface area (Å²) in [6.45, 7) is 3.41. The molecule has 0 saturated heterocycles. The number of rotatable bonds is 5. The number of carbonyl (C=O) groups excluding carboxylic acids is 2. The number of benzene rings is 1. The number of aromatic carboxylic acids is 1. The molecule has 3 amide bonds. The van der Waals surface area contributed by atoms with Gasteiger partial charge in [-0.1, -0.05) is 19.9 Å². The van der Waals surface area contributed by atoms with Crippen molar-refractivity contribution < 1.29 is 24.6 Å². The van der Waals surface area contributed by atoms with Gasteiger partial charge in [-0.2, -0.15) is 0 Å². The van der Waals surface area contributed by atoms with Crippen molar-refractivity contribution >= 4 is 23.6 Å². The second-order valence-electron chi connectivity index (χ2n) is 4.73. The van der Waals surface area contributed by atoms with Crippen molar-refractivity contribution in [3.05, 3.63) is 23.8 Å². The molecule has 1 aromatic carbocycles. The fourth-order valence-electron chi connectivity index (χ4n) is 1.68. The molecule has 0 aliphatic carbocycles. The quantitative estimate of drug-likeness (QED) is 0.509. The van der Waals surface area contributed by atoms with Crippen LogP contribution in [0.3, 0.4) is 0 Å². The number of nitrogens with one attached hydrogen (secondary N) is 2. The van der Waals surface area contributed by atoms with Gasteiger partial charge in [0.2, 0.25) is 5.91 Å². The first-order chi connectivity index (χ1) is 9.73. The average molecular weight is 295 g/mol. The number of para-hydroxylation sites is 1. The van der Waals surface area contributed by atoms with Gasteiger partial charge >= 0.3 is 12.0 Å². The van der Waals surface area contributed by atoms with Crippen LogP contribution in [-0.2, 0) is 4.79 Å². The van der Waals surface area contributed by atoms with E-state index in [9.17, 15) is 19.5 Å². The molecule has 1 atom stereocenters. The highest BCUT2D eigenvalue weighted by Gasteiger charge is 2.22. The summed E-state index contributed by atoms with van der Waals surface area (Å²) in [6, 6.07) is 2.24. The molecule has 0 fully saturated rings. The van der Waals surface area contributed by atoms with E-state index in [0.717, 1.165) is 0 Å². The Morgan fingerprint density at radius 1 is 1.24 bits per heavy atom. The molecule has 0 aromatic heterocycles. The lowest BCUT2D eigenvalue weighted by atomic mass is 10.0. The van der Waals surface area contributed by atoms with E-state index < -0.39 is 29.7 Å². The maximum absolute atomic E-state index is 11.8. The standard InChI is InChI=1S/C13H17N3O5/c1-6(2)9(11(14)18)16-13(21)15-8-5-3-4-7(10(8)17)12(19)20/h3-6,9,17H,1-2H3,(H2,14,18)(H,19,20)(H2,15,16,21). The van der Waals surface area contributed by atoms with E-state index in [0.29, 0.717) is 0 Å². The van der Waals surface area contributed by atoms with E-state index in [1.807, 2.05) is 0 Å². The number of carboxylic acids is 1. The molecule has 0 radical (unpaired) electrons. The molecule has 0 heterocycles. The Labute approximate surface area is 120 Å². The van der Waals surface area contributed by atoms with Crippen molar-refractivity contribution in [3.63, 3.8) is 0 Å². The van der Waals surface area contributed by atoms with E-state index in [1.165, 1.54) is 18.2 Å². The largest absolute Gasteiger partial charge is 0.505 e.